The Morgan fingerprint density at radius 1 is 1.31 bits per heavy atom. The fourth-order valence-corrected chi connectivity index (χ4v) is 1.05. The first-order chi connectivity index (χ1) is 7.68. The summed E-state index contributed by atoms with van der Waals surface area (Å²) in [5, 5.41) is 0. The van der Waals surface area contributed by atoms with Crippen LogP contribution in [-0.2, 0) is 21.0 Å². The lowest BCUT2D eigenvalue weighted by molar-refractivity contribution is -0.140. The first-order valence-electron chi connectivity index (χ1n) is 5.24. The first kappa shape index (κ1) is 12.7. The van der Waals surface area contributed by atoms with Crippen LogP contribution in [0.4, 0.5) is 0 Å². The maximum Gasteiger partial charge on any atom is 0.269 e. The van der Waals surface area contributed by atoms with E-state index in [0.29, 0.717) is 6.61 Å². The molecule has 88 valence electrons. The van der Waals surface area contributed by atoms with Crippen molar-refractivity contribution in [1.82, 2.24) is 5.48 Å². The molecule has 0 radical (unpaired) electrons. The number of nitrogens with one attached hydrogen (secondary N) is 1. The van der Waals surface area contributed by atoms with Crippen molar-refractivity contribution in [2.45, 2.75) is 26.6 Å². The van der Waals surface area contributed by atoms with E-state index in [-0.39, 0.29) is 18.6 Å². The molecule has 0 saturated heterocycles. The number of benzene rings is 1. The highest BCUT2D eigenvalue weighted by Gasteiger charge is 2.02. The zero-order valence-electron chi connectivity index (χ0n) is 9.60. The molecule has 0 aliphatic carbocycles. The number of hydrogen-bond acceptors (Lipinski definition) is 3. The maximum absolute atomic E-state index is 11.2. The molecule has 0 aliphatic rings. The van der Waals surface area contributed by atoms with E-state index < -0.39 is 0 Å². The molecule has 4 heteroatoms. The number of hydrogen-bond donors (Lipinski definition) is 1. The van der Waals surface area contributed by atoms with Crippen LogP contribution < -0.4 is 5.48 Å². The van der Waals surface area contributed by atoms with Gasteiger partial charge < -0.3 is 4.74 Å². The molecular weight excluding hydrogens is 206 g/mol. The maximum atomic E-state index is 11.2. The minimum absolute atomic E-state index is 0.0203. The fourth-order valence-electron chi connectivity index (χ4n) is 1.05. The molecule has 1 amide bonds. The summed E-state index contributed by atoms with van der Waals surface area (Å²) in [6.07, 6.45) is 0.0415. The van der Waals surface area contributed by atoms with Gasteiger partial charge in [0.05, 0.1) is 12.7 Å². The Kier molecular flexibility index (Phi) is 5.53. The van der Waals surface area contributed by atoms with Gasteiger partial charge in [-0.1, -0.05) is 30.3 Å². The Balaban J connectivity index is 2.13. The summed E-state index contributed by atoms with van der Waals surface area (Å²) in [4.78, 5) is 16.2. The Hall–Kier alpha value is -1.39. The largest absolute Gasteiger partial charge is 0.369 e. The average Bonchev–Trinajstić information content (AvgIpc) is 2.28. The lowest BCUT2D eigenvalue weighted by atomic mass is 10.2. The topological polar surface area (TPSA) is 47.6 Å². The van der Waals surface area contributed by atoms with Crippen LogP contribution >= 0.6 is 0 Å². The molecule has 0 aliphatic heterocycles. The third-order valence-electron chi connectivity index (χ3n) is 1.82. The summed E-state index contributed by atoms with van der Waals surface area (Å²) in [5.41, 5.74) is 3.33. The van der Waals surface area contributed by atoms with E-state index >= 15 is 0 Å². The minimum Gasteiger partial charge on any atom is -0.369 e. The van der Waals surface area contributed by atoms with Crippen LogP contribution in [0.15, 0.2) is 30.3 Å². The second-order valence-electron chi connectivity index (χ2n) is 3.66. The summed E-state index contributed by atoms with van der Waals surface area (Å²) in [6, 6.07) is 9.62. The van der Waals surface area contributed by atoms with Crippen LogP contribution in [-0.4, -0.2) is 18.6 Å². The molecule has 0 atom stereocenters. The van der Waals surface area contributed by atoms with Crippen LogP contribution in [0.25, 0.3) is 0 Å². The van der Waals surface area contributed by atoms with E-state index in [1.165, 1.54) is 0 Å². The molecule has 0 saturated carbocycles. The van der Waals surface area contributed by atoms with Crippen LogP contribution in [0.5, 0.6) is 0 Å². The molecule has 1 N–H and O–H groups in total. The standard InChI is InChI=1S/C12H17NO3/c1-10(2)15-9-12(14)13-16-8-11-6-4-3-5-7-11/h3-7,10H,8-9H2,1-2H3,(H,13,14). The summed E-state index contributed by atoms with van der Waals surface area (Å²) >= 11 is 0. The number of rotatable bonds is 6. The number of hydroxylamine groups is 1. The van der Waals surface area contributed by atoms with Crippen molar-refractivity contribution in [2.24, 2.45) is 0 Å². The number of amides is 1. The lowest BCUT2D eigenvalue weighted by Gasteiger charge is -2.08. The number of ether oxygens (including phenoxy) is 1. The summed E-state index contributed by atoms with van der Waals surface area (Å²) in [7, 11) is 0. The predicted molar refractivity (Wildman–Crippen MR) is 60.5 cm³/mol. The van der Waals surface area contributed by atoms with Crippen molar-refractivity contribution in [1.29, 1.82) is 0 Å². The molecule has 0 heterocycles. The van der Waals surface area contributed by atoms with Crippen LogP contribution in [0.2, 0.25) is 0 Å². The highest BCUT2D eigenvalue weighted by Crippen LogP contribution is 1.98. The van der Waals surface area contributed by atoms with Gasteiger partial charge in [0.2, 0.25) is 0 Å². The average molecular weight is 223 g/mol. The zero-order valence-corrected chi connectivity index (χ0v) is 9.60. The molecule has 16 heavy (non-hydrogen) atoms. The molecule has 0 spiro atoms. The van der Waals surface area contributed by atoms with Crippen LogP contribution in [0.3, 0.4) is 0 Å². The molecule has 1 aromatic rings. The second kappa shape index (κ2) is 6.98. The normalized spacial score (nSPS) is 10.4. The van der Waals surface area contributed by atoms with Crippen molar-refractivity contribution in [3.8, 4) is 0 Å². The minimum atomic E-state index is -0.273. The molecule has 0 fully saturated rings. The van der Waals surface area contributed by atoms with E-state index in [0.717, 1.165) is 5.56 Å². The molecule has 0 aromatic heterocycles. The third-order valence-corrected chi connectivity index (χ3v) is 1.82. The van der Waals surface area contributed by atoms with Gasteiger partial charge in [-0.15, -0.1) is 0 Å². The molecule has 0 unspecified atom stereocenters. The Bertz CT molecular complexity index is 311. The Morgan fingerprint density at radius 2 is 2.00 bits per heavy atom. The lowest BCUT2D eigenvalue weighted by Crippen LogP contribution is -2.28. The van der Waals surface area contributed by atoms with Gasteiger partial charge in [0.25, 0.3) is 5.91 Å². The highest BCUT2D eigenvalue weighted by atomic mass is 16.7. The molecule has 1 rings (SSSR count). The fraction of sp³-hybridized carbons (Fsp3) is 0.417. The predicted octanol–water partition coefficient (Wildman–Crippen LogP) is 1.66. The van der Waals surface area contributed by atoms with Crippen molar-refractivity contribution in [2.75, 3.05) is 6.61 Å². The van der Waals surface area contributed by atoms with E-state index in [1.54, 1.807) is 0 Å². The van der Waals surface area contributed by atoms with Crippen molar-refractivity contribution >= 4 is 5.91 Å². The van der Waals surface area contributed by atoms with Crippen molar-refractivity contribution < 1.29 is 14.4 Å². The number of carbonyl (C=O) groups is 1. The summed E-state index contributed by atoms with van der Waals surface area (Å²) in [6.45, 7) is 4.12. The van der Waals surface area contributed by atoms with Gasteiger partial charge in [-0.2, -0.15) is 0 Å². The van der Waals surface area contributed by atoms with E-state index in [2.05, 4.69) is 5.48 Å². The van der Waals surface area contributed by atoms with Gasteiger partial charge in [-0.3, -0.25) is 9.63 Å². The van der Waals surface area contributed by atoms with Crippen LogP contribution in [0.1, 0.15) is 19.4 Å². The van der Waals surface area contributed by atoms with Gasteiger partial charge >= 0.3 is 0 Å². The van der Waals surface area contributed by atoms with Gasteiger partial charge in [0.15, 0.2) is 0 Å². The second-order valence-corrected chi connectivity index (χ2v) is 3.66. The first-order valence-corrected chi connectivity index (χ1v) is 5.24. The molecule has 4 nitrogen and oxygen atoms in total. The molecular formula is C12H17NO3. The molecule has 1 aromatic carbocycles. The highest BCUT2D eigenvalue weighted by molar-refractivity contribution is 5.76. The van der Waals surface area contributed by atoms with E-state index in [1.807, 2.05) is 44.2 Å². The van der Waals surface area contributed by atoms with Crippen molar-refractivity contribution in [3.63, 3.8) is 0 Å². The Labute approximate surface area is 95.5 Å². The monoisotopic (exact) mass is 223 g/mol. The summed E-state index contributed by atoms with van der Waals surface area (Å²) < 4.78 is 5.11. The Morgan fingerprint density at radius 3 is 2.62 bits per heavy atom. The zero-order chi connectivity index (χ0) is 11.8. The quantitative estimate of drug-likeness (QED) is 0.746. The number of carbonyl (C=O) groups excluding carboxylic acids is 1. The van der Waals surface area contributed by atoms with E-state index in [9.17, 15) is 4.79 Å². The van der Waals surface area contributed by atoms with Gasteiger partial charge in [0.1, 0.15) is 6.61 Å². The van der Waals surface area contributed by atoms with Gasteiger partial charge in [-0.25, -0.2) is 5.48 Å². The van der Waals surface area contributed by atoms with Crippen LogP contribution in [0, 0.1) is 0 Å². The third kappa shape index (κ3) is 5.48. The molecule has 0 bridgehead atoms. The van der Waals surface area contributed by atoms with E-state index in [4.69, 9.17) is 9.57 Å². The van der Waals surface area contributed by atoms with Crippen molar-refractivity contribution in [3.05, 3.63) is 35.9 Å². The van der Waals surface area contributed by atoms with Gasteiger partial charge in [0, 0.05) is 0 Å². The smallest absolute Gasteiger partial charge is 0.269 e. The SMILES string of the molecule is CC(C)OCC(=O)NOCc1ccccc1. The van der Waals surface area contributed by atoms with Gasteiger partial charge in [-0.05, 0) is 19.4 Å². The summed E-state index contributed by atoms with van der Waals surface area (Å²) in [5.74, 6) is -0.273.